The van der Waals surface area contributed by atoms with Gasteiger partial charge in [0.15, 0.2) is 5.69 Å². The lowest BCUT2D eigenvalue weighted by atomic mass is 10.1. The van der Waals surface area contributed by atoms with E-state index >= 15 is 0 Å². The Labute approximate surface area is 128 Å². The van der Waals surface area contributed by atoms with Crippen LogP contribution in [0.25, 0.3) is 0 Å². The number of amides is 1. The van der Waals surface area contributed by atoms with Gasteiger partial charge in [-0.15, -0.1) is 0 Å². The Morgan fingerprint density at radius 1 is 1.50 bits per heavy atom. The second-order valence-electron chi connectivity index (χ2n) is 5.13. The van der Waals surface area contributed by atoms with Gasteiger partial charge >= 0.3 is 0 Å². The zero-order valence-corrected chi connectivity index (χ0v) is 12.5. The molecule has 0 saturated carbocycles. The van der Waals surface area contributed by atoms with Gasteiger partial charge in [0.1, 0.15) is 12.1 Å². The number of carbonyl (C=O) groups is 1. The van der Waals surface area contributed by atoms with Gasteiger partial charge in [0.2, 0.25) is 5.89 Å². The van der Waals surface area contributed by atoms with E-state index in [9.17, 15) is 9.18 Å². The van der Waals surface area contributed by atoms with Crippen molar-refractivity contribution in [3.63, 3.8) is 0 Å². The highest BCUT2D eigenvalue weighted by Gasteiger charge is 2.16. The van der Waals surface area contributed by atoms with Gasteiger partial charge in [-0.1, -0.05) is 31.9 Å². The minimum Gasteiger partial charge on any atom is -0.446 e. The standard InChI is InChI=1S/C16H20FN3O2/c1-2-3-7-13(18)16-20-14(10-22-16)15(21)19-9-11-5-4-6-12(17)8-11/h4-6,8,10,13H,2-3,7,9,18H2,1H3,(H,19,21). The SMILES string of the molecule is CCCCC(N)c1nc(C(=O)NCc2cccc(F)c2)co1. The van der Waals surface area contributed by atoms with Crippen molar-refractivity contribution in [2.75, 3.05) is 0 Å². The van der Waals surface area contributed by atoms with Crippen LogP contribution >= 0.6 is 0 Å². The lowest BCUT2D eigenvalue weighted by molar-refractivity contribution is 0.0946. The van der Waals surface area contributed by atoms with Crippen LogP contribution in [0.1, 0.15) is 54.2 Å². The number of halogens is 1. The minimum atomic E-state index is -0.373. The molecule has 5 nitrogen and oxygen atoms in total. The molecule has 0 radical (unpaired) electrons. The number of unbranched alkanes of at least 4 members (excludes halogenated alkanes) is 1. The molecule has 0 aliphatic heterocycles. The fraction of sp³-hybridized carbons (Fsp3) is 0.375. The van der Waals surface area contributed by atoms with Crippen LogP contribution in [0.3, 0.4) is 0 Å². The van der Waals surface area contributed by atoms with Crippen LogP contribution in [-0.4, -0.2) is 10.9 Å². The summed E-state index contributed by atoms with van der Waals surface area (Å²) in [5.74, 6) is -0.344. The van der Waals surface area contributed by atoms with Gasteiger partial charge in [-0.3, -0.25) is 4.79 Å². The predicted molar refractivity (Wildman–Crippen MR) is 80.5 cm³/mol. The molecular weight excluding hydrogens is 285 g/mol. The van der Waals surface area contributed by atoms with Crippen molar-refractivity contribution >= 4 is 5.91 Å². The number of hydrogen-bond donors (Lipinski definition) is 2. The molecule has 0 saturated heterocycles. The van der Waals surface area contributed by atoms with E-state index in [4.69, 9.17) is 10.2 Å². The molecule has 118 valence electrons. The molecule has 0 spiro atoms. The molecule has 1 heterocycles. The lowest BCUT2D eigenvalue weighted by Crippen LogP contribution is -2.23. The molecule has 1 unspecified atom stereocenters. The summed E-state index contributed by atoms with van der Waals surface area (Å²) in [7, 11) is 0. The number of hydrogen-bond acceptors (Lipinski definition) is 4. The molecule has 2 aromatic rings. The fourth-order valence-corrected chi connectivity index (χ4v) is 2.03. The average Bonchev–Trinajstić information content (AvgIpc) is 3.00. The highest BCUT2D eigenvalue weighted by molar-refractivity contribution is 5.91. The van der Waals surface area contributed by atoms with Crippen molar-refractivity contribution in [3.8, 4) is 0 Å². The van der Waals surface area contributed by atoms with E-state index in [0.29, 0.717) is 11.5 Å². The minimum absolute atomic E-state index is 0.179. The summed E-state index contributed by atoms with van der Waals surface area (Å²) in [5.41, 5.74) is 6.80. The highest BCUT2D eigenvalue weighted by atomic mass is 19.1. The van der Waals surface area contributed by atoms with E-state index in [1.54, 1.807) is 12.1 Å². The summed E-state index contributed by atoms with van der Waals surface area (Å²) in [6, 6.07) is 5.75. The molecule has 0 bridgehead atoms. The van der Waals surface area contributed by atoms with Gasteiger partial charge in [0.25, 0.3) is 5.91 Å². The van der Waals surface area contributed by atoms with Crippen molar-refractivity contribution < 1.29 is 13.6 Å². The van der Waals surface area contributed by atoms with Gasteiger partial charge in [0, 0.05) is 6.54 Å². The summed E-state index contributed by atoms with van der Waals surface area (Å²) < 4.78 is 18.3. The van der Waals surface area contributed by atoms with Crippen LogP contribution in [0.5, 0.6) is 0 Å². The van der Waals surface area contributed by atoms with Crippen LogP contribution in [0.15, 0.2) is 34.9 Å². The van der Waals surface area contributed by atoms with E-state index in [1.807, 2.05) is 0 Å². The smallest absolute Gasteiger partial charge is 0.273 e. The number of nitrogens with two attached hydrogens (primary N) is 1. The molecule has 6 heteroatoms. The Morgan fingerprint density at radius 3 is 3.05 bits per heavy atom. The fourth-order valence-electron chi connectivity index (χ4n) is 2.03. The number of carbonyl (C=O) groups excluding carboxylic acids is 1. The Bertz CT molecular complexity index is 627. The molecular formula is C16H20FN3O2. The summed E-state index contributed by atoms with van der Waals surface area (Å²) in [4.78, 5) is 16.1. The monoisotopic (exact) mass is 305 g/mol. The number of oxazole rings is 1. The third-order valence-electron chi connectivity index (χ3n) is 3.28. The summed E-state index contributed by atoms with van der Waals surface area (Å²) in [6.07, 6.45) is 4.07. The summed E-state index contributed by atoms with van der Waals surface area (Å²) >= 11 is 0. The zero-order chi connectivity index (χ0) is 15.9. The second kappa shape index (κ2) is 7.70. The van der Waals surface area contributed by atoms with Crippen LogP contribution in [0.4, 0.5) is 4.39 Å². The van der Waals surface area contributed by atoms with E-state index in [1.165, 1.54) is 18.4 Å². The molecule has 1 aromatic carbocycles. The number of benzene rings is 1. The van der Waals surface area contributed by atoms with Crippen molar-refractivity contribution in [2.24, 2.45) is 5.73 Å². The molecule has 1 aromatic heterocycles. The maximum absolute atomic E-state index is 13.1. The molecule has 0 aliphatic carbocycles. The van der Waals surface area contributed by atoms with Crippen molar-refractivity contribution in [2.45, 2.75) is 38.8 Å². The predicted octanol–water partition coefficient (Wildman–Crippen LogP) is 2.93. The van der Waals surface area contributed by atoms with E-state index in [-0.39, 0.29) is 30.0 Å². The normalized spacial score (nSPS) is 12.1. The van der Waals surface area contributed by atoms with Crippen LogP contribution in [-0.2, 0) is 6.54 Å². The highest BCUT2D eigenvalue weighted by Crippen LogP contribution is 2.16. The van der Waals surface area contributed by atoms with Gasteiger partial charge in [-0.05, 0) is 24.1 Å². The molecule has 3 N–H and O–H groups in total. The van der Waals surface area contributed by atoms with E-state index < -0.39 is 0 Å². The lowest BCUT2D eigenvalue weighted by Gasteiger charge is -2.05. The first-order chi connectivity index (χ1) is 10.6. The topological polar surface area (TPSA) is 81.1 Å². The van der Waals surface area contributed by atoms with Crippen molar-refractivity contribution in [1.82, 2.24) is 10.3 Å². The van der Waals surface area contributed by atoms with Gasteiger partial charge in [-0.25, -0.2) is 9.37 Å². The quantitative estimate of drug-likeness (QED) is 0.824. The third kappa shape index (κ3) is 4.39. The number of nitrogens with zero attached hydrogens (tertiary/aromatic N) is 1. The summed E-state index contributed by atoms with van der Waals surface area (Å²) in [6.45, 7) is 2.30. The van der Waals surface area contributed by atoms with Crippen LogP contribution in [0, 0.1) is 5.82 Å². The average molecular weight is 305 g/mol. The first-order valence-electron chi connectivity index (χ1n) is 7.33. The van der Waals surface area contributed by atoms with Crippen LogP contribution < -0.4 is 11.1 Å². The molecule has 1 atom stereocenters. The number of nitrogens with one attached hydrogen (secondary N) is 1. The van der Waals surface area contributed by atoms with Crippen LogP contribution in [0.2, 0.25) is 0 Å². The molecule has 1 amide bonds. The Balaban J connectivity index is 1.91. The first kappa shape index (κ1) is 16.2. The van der Waals surface area contributed by atoms with E-state index in [2.05, 4.69) is 17.2 Å². The first-order valence-corrected chi connectivity index (χ1v) is 7.33. The second-order valence-corrected chi connectivity index (χ2v) is 5.13. The maximum Gasteiger partial charge on any atom is 0.273 e. The number of rotatable bonds is 7. The third-order valence-corrected chi connectivity index (χ3v) is 3.28. The largest absolute Gasteiger partial charge is 0.446 e. The molecule has 0 fully saturated rings. The Morgan fingerprint density at radius 2 is 2.32 bits per heavy atom. The van der Waals surface area contributed by atoms with Crippen molar-refractivity contribution in [1.29, 1.82) is 0 Å². The van der Waals surface area contributed by atoms with E-state index in [0.717, 1.165) is 19.3 Å². The van der Waals surface area contributed by atoms with Gasteiger partial charge < -0.3 is 15.5 Å². The number of aromatic nitrogens is 1. The van der Waals surface area contributed by atoms with Gasteiger partial charge in [0.05, 0.1) is 6.04 Å². The Kier molecular flexibility index (Phi) is 5.66. The van der Waals surface area contributed by atoms with Gasteiger partial charge in [-0.2, -0.15) is 0 Å². The molecule has 0 aliphatic rings. The zero-order valence-electron chi connectivity index (χ0n) is 12.5. The van der Waals surface area contributed by atoms with Crippen molar-refractivity contribution in [3.05, 3.63) is 53.5 Å². The summed E-state index contributed by atoms with van der Waals surface area (Å²) in [5, 5.41) is 2.67. The molecule has 22 heavy (non-hydrogen) atoms. The molecule has 2 rings (SSSR count). The maximum atomic E-state index is 13.1. The Hall–Kier alpha value is -2.21.